The van der Waals surface area contributed by atoms with Gasteiger partial charge in [-0.3, -0.25) is 0 Å². The lowest BCUT2D eigenvalue weighted by Gasteiger charge is -2.17. The summed E-state index contributed by atoms with van der Waals surface area (Å²) in [4.78, 5) is 4.69. The van der Waals surface area contributed by atoms with Crippen molar-refractivity contribution in [2.75, 3.05) is 6.54 Å². The van der Waals surface area contributed by atoms with Crippen LogP contribution in [0.2, 0.25) is 0 Å². The van der Waals surface area contributed by atoms with E-state index in [0.717, 1.165) is 49.4 Å². The minimum absolute atomic E-state index is 0.461. The summed E-state index contributed by atoms with van der Waals surface area (Å²) in [6.45, 7) is 5.46. The van der Waals surface area contributed by atoms with Gasteiger partial charge in [0.2, 0.25) is 5.89 Å². The highest BCUT2D eigenvalue weighted by Crippen LogP contribution is 2.52. The minimum Gasteiger partial charge on any atom is -0.339 e. The smallest absolute Gasteiger partial charge is 0.228 e. The van der Waals surface area contributed by atoms with Crippen molar-refractivity contribution in [3.8, 4) is 0 Å². The molecule has 1 aromatic heterocycles. The van der Waals surface area contributed by atoms with Gasteiger partial charge in [-0.25, -0.2) is 0 Å². The van der Waals surface area contributed by atoms with Crippen LogP contribution in [0.4, 0.5) is 0 Å². The molecule has 1 N–H and O–H groups in total. The molecule has 1 heterocycles. The zero-order valence-electron chi connectivity index (χ0n) is 12.8. The molecule has 0 radical (unpaired) electrons. The van der Waals surface area contributed by atoms with Crippen molar-refractivity contribution < 1.29 is 4.52 Å². The summed E-state index contributed by atoms with van der Waals surface area (Å²) >= 11 is 0. The van der Waals surface area contributed by atoms with Crippen LogP contribution in [0.15, 0.2) is 4.52 Å². The Balaban J connectivity index is 1.59. The van der Waals surface area contributed by atoms with Crippen LogP contribution in [0.1, 0.15) is 70.0 Å². The summed E-state index contributed by atoms with van der Waals surface area (Å²) in [7, 11) is 0. The van der Waals surface area contributed by atoms with E-state index in [9.17, 15) is 0 Å². The van der Waals surface area contributed by atoms with Crippen LogP contribution >= 0.6 is 0 Å². The molecule has 1 aromatic rings. The van der Waals surface area contributed by atoms with Gasteiger partial charge < -0.3 is 9.84 Å². The molecule has 0 aromatic carbocycles. The Morgan fingerprint density at radius 1 is 1.30 bits per heavy atom. The Morgan fingerprint density at radius 3 is 2.85 bits per heavy atom. The second kappa shape index (κ2) is 6.25. The van der Waals surface area contributed by atoms with Crippen molar-refractivity contribution in [3.63, 3.8) is 0 Å². The summed E-state index contributed by atoms with van der Waals surface area (Å²) in [6, 6.07) is 0.461. The predicted molar refractivity (Wildman–Crippen MR) is 78.6 cm³/mol. The molecule has 4 unspecified atom stereocenters. The molecular formula is C16H27N3O. The number of hydrogen-bond acceptors (Lipinski definition) is 4. The highest BCUT2D eigenvalue weighted by molar-refractivity contribution is 5.06. The lowest BCUT2D eigenvalue weighted by Crippen LogP contribution is -2.31. The maximum Gasteiger partial charge on any atom is 0.228 e. The quantitative estimate of drug-likeness (QED) is 0.831. The maximum absolute atomic E-state index is 5.50. The Hall–Kier alpha value is -0.900. The molecular weight excluding hydrogens is 250 g/mol. The van der Waals surface area contributed by atoms with E-state index in [1.807, 2.05) is 0 Å². The molecule has 2 bridgehead atoms. The van der Waals surface area contributed by atoms with Crippen LogP contribution in [0.5, 0.6) is 0 Å². The van der Waals surface area contributed by atoms with E-state index >= 15 is 0 Å². The fourth-order valence-corrected chi connectivity index (χ4v) is 3.98. The van der Waals surface area contributed by atoms with E-state index in [1.165, 1.54) is 25.7 Å². The minimum atomic E-state index is 0.461. The average molecular weight is 277 g/mol. The fraction of sp³-hybridized carbons (Fsp3) is 0.875. The first kappa shape index (κ1) is 14.1. The van der Waals surface area contributed by atoms with Gasteiger partial charge in [-0.15, -0.1) is 0 Å². The van der Waals surface area contributed by atoms with Crippen molar-refractivity contribution >= 4 is 0 Å². The van der Waals surface area contributed by atoms with E-state index in [4.69, 9.17) is 4.52 Å². The van der Waals surface area contributed by atoms with Gasteiger partial charge >= 0.3 is 0 Å². The molecule has 3 rings (SSSR count). The van der Waals surface area contributed by atoms with Crippen molar-refractivity contribution in [1.82, 2.24) is 15.5 Å². The number of aromatic nitrogens is 2. The average Bonchev–Trinajstić information content (AvgIpc) is 3.18. The van der Waals surface area contributed by atoms with E-state index in [-0.39, 0.29) is 0 Å². The lowest BCUT2D eigenvalue weighted by molar-refractivity contribution is 0.338. The molecule has 4 atom stereocenters. The molecule has 2 aliphatic rings. The molecule has 0 amide bonds. The topological polar surface area (TPSA) is 51.0 Å². The van der Waals surface area contributed by atoms with Crippen LogP contribution in [-0.2, 0) is 6.42 Å². The summed E-state index contributed by atoms with van der Waals surface area (Å²) in [5.74, 6) is 4.14. The van der Waals surface area contributed by atoms with Crippen LogP contribution in [-0.4, -0.2) is 22.7 Å². The standard InChI is InChI=1S/C16H27N3O/c1-3-7-17-13(4-2)10-15-18-16(19-20-15)14-9-11-5-6-12(14)8-11/h11-14,17H,3-10H2,1-2H3. The van der Waals surface area contributed by atoms with Crippen molar-refractivity contribution in [2.24, 2.45) is 11.8 Å². The van der Waals surface area contributed by atoms with Crippen LogP contribution < -0.4 is 5.32 Å². The summed E-state index contributed by atoms with van der Waals surface area (Å²) in [5, 5.41) is 7.82. The first-order valence-electron chi connectivity index (χ1n) is 8.36. The summed E-state index contributed by atoms with van der Waals surface area (Å²) in [6.07, 6.45) is 8.60. The molecule has 2 saturated carbocycles. The molecule has 2 fully saturated rings. The van der Waals surface area contributed by atoms with Gasteiger partial charge in [0.25, 0.3) is 0 Å². The van der Waals surface area contributed by atoms with E-state index < -0.39 is 0 Å². The summed E-state index contributed by atoms with van der Waals surface area (Å²) in [5.41, 5.74) is 0. The monoisotopic (exact) mass is 277 g/mol. The first-order valence-corrected chi connectivity index (χ1v) is 8.36. The van der Waals surface area contributed by atoms with Gasteiger partial charge in [-0.05, 0) is 50.5 Å². The van der Waals surface area contributed by atoms with E-state index in [0.29, 0.717) is 12.0 Å². The molecule has 4 nitrogen and oxygen atoms in total. The summed E-state index contributed by atoms with van der Waals surface area (Å²) < 4.78 is 5.50. The van der Waals surface area contributed by atoms with Gasteiger partial charge in [-0.1, -0.05) is 25.4 Å². The molecule has 0 spiro atoms. The van der Waals surface area contributed by atoms with Gasteiger partial charge in [0.05, 0.1) is 0 Å². The Labute approximate surface area is 121 Å². The number of nitrogens with one attached hydrogen (secondary N) is 1. The second-order valence-electron chi connectivity index (χ2n) is 6.59. The predicted octanol–water partition coefficient (Wildman–Crippen LogP) is 3.29. The Kier molecular flexibility index (Phi) is 4.39. The van der Waals surface area contributed by atoms with Crippen molar-refractivity contribution in [2.45, 2.75) is 70.8 Å². The van der Waals surface area contributed by atoms with Crippen LogP contribution in [0.25, 0.3) is 0 Å². The molecule has 2 aliphatic carbocycles. The van der Waals surface area contributed by atoms with Crippen molar-refractivity contribution in [1.29, 1.82) is 0 Å². The SMILES string of the molecule is CCCNC(CC)Cc1nc(C2CC3CCC2C3)no1. The zero-order chi connectivity index (χ0) is 13.9. The lowest BCUT2D eigenvalue weighted by atomic mass is 9.88. The Bertz CT molecular complexity index is 431. The van der Waals surface area contributed by atoms with Crippen LogP contribution in [0.3, 0.4) is 0 Å². The zero-order valence-corrected chi connectivity index (χ0v) is 12.8. The largest absolute Gasteiger partial charge is 0.339 e. The van der Waals surface area contributed by atoms with Gasteiger partial charge in [0.1, 0.15) is 0 Å². The van der Waals surface area contributed by atoms with E-state index in [2.05, 4.69) is 29.3 Å². The second-order valence-corrected chi connectivity index (χ2v) is 6.59. The Morgan fingerprint density at radius 2 is 2.20 bits per heavy atom. The molecule has 112 valence electrons. The van der Waals surface area contributed by atoms with Gasteiger partial charge in [-0.2, -0.15) is 4.98 Å². The number of fused-ring (bicyclic) bond motifs is 2. The molecule has 0 saturated heterocycles. The maximum atomic E-state index is 5.50. The normalized spacial score (nSPS) is 30.0. The first-order chi connectivity index (χ1) is 9.80. The third-order valence-corrected chi connectivity index (χ3v) is 5.15. The third-order valence-electron chi connectivity index (χ3n) is 5.15. The number of rotatable bonds is 7. The number of nitrogens with zero attached hydrogens (tertiary/aromatic N) is 2. The highest BCUT2D eigenvalue weighted by atomic mass is 16.5. The number of hydrogen-bond donors (Lipinski definition) is 1. The van der Waals surface area contributed by atoms with Gasteiger partial charge in [0.15, 0.2) is 5.82 Å². The molecule has 0 aliphatic heterocycles. The fourth-order valence-electron chi connectivity index (χ4n) is 3.98. The molecule has 20 heavy (non-hydrogen) atoms. The van der Waals surface area contributed by atoms with Crippen LogP contribution in [0, 0.1) is 11.8 Å². The van der Waals surface area contributed by atoms with Gasteiger partial charge in [0, 0.05) is 18.4 Å². The highest BCUT2D eigenvalue weighted by Gasteiger charge is 2.42. The third kappa shape index (κ3) is 2.90. The van der Waals surface area contributed by atoms with E-state index in [1.54, 1.807) is 0 Å². The molecule has 4 heteroatoms. The van der Waals surface area contributed by atoms with Crippen molar-refractivity contribution in [3.05, 3.63) is 11.7 Å².